The van der Waals surface area contributed by atoms with Gasteiger partial charge in [0.15, 0.2) is 0 Å². The fourth-order valence-electron chi connectivity index (χ4n) is 0.564. The Balaban J connectivity index is 0.000000640. The first-order valence-electron chi connectivity index (χ1n) is 2.53. The Kier molecular flexibility index (Phi) is 4.93. The van der Waals surface area contributed by atoms with Crippen LogP contribution in [0.25, 0.3) is 6.08 Å². The van der Waals surface area contributed by atoms with Crippen molar-refractivity contribution >= 4 is 6.08 Å². The number of rotatable bonds is 1. The normalized spacial score (nSPS) is 7.56. The summed E-state index contributed by atoms with van der Waals surface area (Å²) in [6.07, 6.45) is 1.58. The number of hydrogen-bond donors (Lipinski definition) is 0. The van der Waals surface area contributed by atoms with Crippen LogP contribution in [0.5, 0.6) is 0 Å². The monoisotopic (exact) mass is 192 g/mol. The molecule has 0 unspecified atom stereocenters. The third kappa shape index (κ3) is 2.93. The Bertz CT molecular complexity index is 167. The molecule has 1 heteroatoms. The molecule has 0 nitrogen and oxygen atoms in total. The van der Waals surface area contributed by atoms with Crippen LogP contribution in [0, 0.1) is 6.58 Å². The molecule has 0 aliphatic carbocycles. The van der Waals surface area contributed by atoms with Gasteiger partial charge in [-0.3, -0.25) is 6.58 Å². The number of hydrogen-bond acceptors (Lipinski definition) is 0. The molecule has 9 heavy (non-hydrogen) atoms. The van der Waals surface area contributed by atoms with Gasteiger partial charge in [-0.15, -0.1) is 12.1 Å². The first kappa shape index (κ1) is 9.06. The van der Waals surface area contributed by atoms with Gasteiger partial charge >= 0.3 is 32.7 Å². The maximum atomic E-state index is 5.22. The zero-order valence-corrected chi connectivity index (χ0v) is 7.96. The van der Waals surface area contributed by atoms with Crippen molar-refractivity contribution in [3.63, 3.8) is 0 Å². The van der Waals surface area contributed by atoms with E-state index in [0.29, 0.717) is 0 Å². The molecule has 0 spiro atoms. The SMILES string of the molecule is [CH-]=Cc1ccccc1.[Y+3]. The molecule has 0 heterocycles. The maximum Gasteiger partial charge on any atom is 3.00 e. The molecule has 0 atom stereocenters. The predicted molar refractivity (Wildman–Crippen MR) is 35.2 cm³/mol. The standard InChI is InChI=1S/C8H7.Y/c1-2-8-6-4-3-5-7-8;/h1-7H;/q-1;+3. The summed E-state index contributed by atoms with van der Waals surface area (Å²) in [5, 5.41) is 0. The van der Waals surface area contributed by atoms with Crippen LogP contribution >= 0.6 is 0 Å². The van der Waals surface area contributed by atoms with Gasteiger partial charge in [0.2, 0.25) is 0 Å². The molecule has 0 aromatic heterocycles. The zero-order chi connectivity index (χ0) is 5.82. The molecule has 0 aliphatic heterocycles. The van der Waals surface area contributed by atoms with Crippen LogP contribution in [-0.4, -0.2) is 0 Å². The summed E-state index contributed by atoms with van der Waals surface area (Å²) in [6.45, 7) is 5.22. The van der Waals surface area contributed by atoms with Gasteiger partial charge in [-0.25, -0.2) is 6.08 Å². The van der Waals surface area contributed by atoms with Crippen molar-refractivity contribution < 1.29 is 32.7 Å². The second-order valence-corrected chi connectivity index (χ2v) is 1.58. The van der Waals surface area contributed by atoms with E-state index in [0.717, 1.165) is 5.56 Å². The molecule has 1 aromatic rings. The van der Waals surface area contributed by atoms with Crippen molar-refractivity contribution in [3.05, 3.63) is 42.5 Å². The van der Waals surface area contributed by atoms with E-state index in [2.05, 4.69) is 0 Å². The molecule has 0 aliphatic rings. The van der Waals surface area contributed by atoms with Crippen molar-refractivity contribution in [2.75, 3.05) is 0 Å². The van der Waals surface area contributed by atoms with Crippen LogP contribution < -0.4 is 0 Å². The quantitative estimate of drug-likeness (QED) is 0.598. The van der Waals surface area contributed by atoms with Crippen molar-refractivity contribution in [2.24, 2.45) is 0 Å². The average Bonchev–Trinajstić information content (AvgIpc) is 1.90. The Labute approximate surface area is 80.9 Å². The molecule has 0 bridgehead atoms. The summed E-state index contributed by atoms with van der Waals surface area (Å²) in [6, 6.07) is 9.80. The second-order valence-electron chi connectivity index (χ2n) is 1.58. The molecule has 0 radical (unpaired) electrons. The van der Waals surface area contributed by atoms with Gasteiger partial charge in [0.1, 0.15) is 0 Å². The van der Waals surface area contributed by atoms with Crippen LogP contribution in [0.1, 0.15) is 5.56 Å². The number of benzene rings is 1. The van der Waals surface area contributed by atoms with E-state index in [1.807, 2.05) is 30.3 Å². The van der Waals surface area contributed by atoms with Gasteiger partial charge in [-0.1, -0.05) is 18.2 Å². The van der Waals surface area contributed by atoms with E-state index in [-0.39, 0.29) is 32.7 Å². The zero-order valence-electron chi connectivity index (χ0n) is 5.12. The first-order valence-corrected chi connectivity index (χ1v) is 2.53. The summed E-state index contributed by atoms with van der Waals surface area (Å²) in [7, 11) is 0. The molecule has 0 N–H and O–H groups in total. The third-order valence-electron chi connectivity index (χ3n) is 0.992. The molecule has 0 amide bonds. The molecule has 40 valence electrons. The van der Waals surface area contributed by atoms with Gasteiger partial charge < -0.3 is 0 Å². The fourth-order valence-corrected chi connectivity index (χ4v) is 0.564. The van der Waals surface area contributed by atoms with E-state index in [9.17, 15) is 0 Å². The summed E-state index contributed by atoms with van der Waals surface area (Å²) >= 11 is 0. The third-order valence-corrected chi connectivity index (χ3v) is 0.992. The Morgan fingerprint density at radius 1 is 1.11 bits per heavy atom. The Morgan fingerprint density at radius 2 is 1.67 bits per heavy atom. The van der Waals surface area contributed by atoms with E-state index < -0.39 is 0 Å². The molecule has 0 saturated carbocycles. The largest absolute Gasteiger partial charge is 3.00 e. The minimum absolute atomic E-state index is 0. The van der Waals surface area contributed by atoms with Gasteiger partial charge in [-0.2, -0.15) is 5.56 Å². The van der Waals surface area contributed by atoms with E-state index in [4.69, 9.17) is 6.58 Å². The summed E-state index contributed by atoms with van der Waals surface area (Å²) in [5.74, 6) is 0. The molecule has 0 fully saturated rings. The topological polar surface area (TPSA) is 0 Å². The van der Waals surface area contributed by atoms with Gasteiger partial charge in [-0.05, 0) is 0 Å². The molecular weight excluding hydrogens is 185 g/mol. The first-order chi connectivity index (χ1) is 3.93. The molecule has 1 rings (SSSR count). The van der Waals surface area contributed by atoms with Crippen LogP contribution in [0.15, 0.2) is 30.3 Å². The Morgan fingerprint density at radius 3 is 2.00 bits per heavy atom. The average molecular weight is 192 g/mol. The predicted octanol–water partition coefficient (Wildman–Crippen LogP) is 2.13. The summed E-state index contributed by atoms with van der Waals surface area (Å²) in [5.41, 5.74) is 1.06. The summed E-state index contributed by atoms with van der Waals surface area (Å²) in [4.78, 5) is 0. The summed E-state index contributed by atoms with van der Waals surface area (Å²) < 4.78 is 0. The molecule has 0 saturated heterocycles. The smallest absolute Gasteiger partial charge is 0.292 e. The van der Waals surface area contributed by atoms with Crippen LogP contribution in [0.4, 0.5) is 0 Å². The van der Waals surface area contributed by atoms with Gasteiger partial charge in [0.25, 0.3) is 0 Å². The van der Waals surface area contributed by atoms with Crippen LogP contribution in [0.3, 0.4) is 0 Å². The van der Waals surface area contributed by atoms with E-state index >= 15 is 0 Å². The van der Waals surface area contributed by atoms with Gasteiger partial charge in [0.05, 0.1) is 0 Å². The maximum absolute atomic E-state index is 5.22. The van der Waals surface area contributed by atoms with Crippen LogP contribution in [-0.2, 0) is 32.7 Å². The van der Waals surface area contributed by atoms with E-state index in [1.165, 1.54) is 0 Å². The van der Waals surface area contributed by atoms with Crippen LogP contribution in [0.2, 0.25) is 0 Å². The minimum atomic E-state index is 0. The molecular formula is C8H7Y+2. The van der Waals surface area contributed by atoms with Crippen molar-refractivity contribution in [1.29, 1.82) is 0 Å². The van der Waals surface area contributed by atoms with E-state index in [1.54, 1.807) is 6.08 Å². The second kappa shape index (κ2) is 4.90. The van der Waals surface area contributed by atoms with Gasteiger partial charge in [0, 0.05) is 0 Å². The fraction of sp³-hybridized carbons (Fsp3) is 0. The molecule has 1 aromatic carbocycles. The van der Waals surface area contributed by atoms with Crippen molar-refractivity contribution in [3.8, 4) is 0 Å². The minimum Gasteiger partial charge on any atom is -0.292 e. The van der Waals surface area contributed by atoms with Crippen molar-refractivity contribution in [2.45, 2.75) is 0 Å². The Hall–Kier alpha value is 0.0639. The van der Waals surface area contributed by atoms with Crippen molar-refractivity contribution in [1.82, 2.24) is 0 Å².